The minimum absolute atomic E-state index is 0.198. The second-order valence-electron chi connectivity index (χ2n) is 1.75. The van der Waals surface area contributed by atoms with Crippen molar-refractivity contribution in [3.63, 3.8) is 0 Å². The molecule has 0 spiro atoms. The Balaban J connectivity index is 2.92. The predicted molar refractivity (Wildman–Crippen MR) is 35.7 cm³/mol. The highest BCUT2D eigenvalue weighted by molar-refractivity contribution is 6.04. The van der Waals surface area contributed by atoms with Gasteiger partial charge in [-0.3, -0.25) is 0 Å². The second-order valence-corrected chi connectivity index (χ2v) is 3.02. The van der Waals surface area contributed by atoms with E-state index in [0.29, 0.717) is 13.1 Å². The van der Waals surface area contributed by atoms with Gasteiger partial charge in [-0.25, -0.2) is 0 Å². The fourth-order valence-electron chi connectivity index (χ4n) is 0.453. The summed E-state index contributed by atoms with van der Waals surface area (Å²) in [6, 6.07) is 0. The Bertz CT molecular complexity index is 47.3. The molecule has 50 valence electrons. The molecular formula is C4H13NO2Si. The lowest BCUT2D eigenvalue weighted by atomic mass is 10.6. The van der Waals surface area contributed by atoms with Crippen LogP contribution in [0.4, 0.5) is 0 Å². The SMILES string of the molecule is OCCN([SiH3])CCO. The Labute approximate surface area is 52.4 Å². The first-order valence-electron chi connectivity index (χ1n) is 2.71. The van der Waals surface area contributed by atoms with Crippen LogP contribution in [0.25, 0.3) is 0 Å². The van der Waals surface area contributed by atoms with Crippen molar-refractivity contribution in [2.75, 3.05) is 26.3 Å². The van der Waals surface area contributed by atoms with E-state index in [9.17, 15) is 0 Å². The lowest BCUT2D eigenvalue weighted by Gasteiger charge is -2.11. The van der Waals surface area contributed by atoms with Crippen LogP contribution in [0.2, 0.25) is 0 Å². The molecule has 0 aromatic rings. The van der Waals surface area contributed by atoms with Crippen LogP contribution in [-0.2, 0) is 0 Å². The normalized spacial score (nSPS) is 10.9. The molecule has 0 unspecified atom stereocenters. The molecule has 2 N–H and O–H groups in total. The minimum Gasteiger partial charge on any atom is -0.395 e. The van der Waals surface area contributed by atoms with Gasteiger partial charge in [-0.2, -0.15) is 0 Å². The first-order chi connectivity index (χ1) is 3.81. The van der Waals surface area contributed by atoms with Crippen LogP contribution >= 0.6 is 0 Å². The van der Waals surface area contributed by atoms with Crippen molar-refractivity contribution in [1.82, 2.24) is 4.57 Å². The lowest BCUT2D eigenvalue weighted by Crippen LogP contribution is -2.26. The number of hydrogen-bond donors (Lipinski definition) is 2. The van der Waals surface area contributed by atoms with Crippen molar-refractivity contribution in [3.8, 4) is 0 Å². The Morgan fingerprint density at radius 2 is 1.50 bits per heavy atom. The molecule has 0 radical (unpaired) electrons. The zero-order valence-corrected chi connectivity index (χ0v) is 7.17. The van der Waals surface area contributed by atoms with Crippen LogP contribution < -0.4 is 0 Å². The van der Waals surface area contributed by atoms with E-state index in [-0.39, 0.29) is 13.2 Å². The molecule has 0 aliphatic rings. The average Bonchev–Trinajstić information content (AvgIpc) is 1.68. The summed E-state index contributed by atoms with van der Waals surface area (Å²) in [5.74, 6) is 0. The summed E-state index contributed by atoms with van der Waals surface area (Å²) in [6.07, 6.45) is 0. The molecule has 8 heavy (non-hydrogen) atoms. The molecule has 0 heterocycles. The smallest absolute Gasteiger partial charge is 0.0786 e. The van der Waals surface area contributed by atoms with E-state index in [2.05, 4.69) is 0 Å². The predicted octanol–water partition coefficient (Wildman–Crippen LogP) is -2.45. The van der Waals surface area contributed by atoms with E-state index in [1.807, 2.05) is 4.57 Å². The molecule has 0 rings (SSSR count). The van der Waals surface area contributed by atoms with E-state index >= 15 is 0 Å². The zero-order chi connectivity index (χ0) is 6.41. The van der Waals surface area contributed by atoms with Gasteiger partial charge in [0.05, 0.1) is 23.6 Å². The van der Waals surface area contributed by atoms with Crippen molar-refractivity contribution in [2.45, 2.75) is 0 Å². The third kappa shape index (κ3) is 4.26. The third-order valence-corrected chi connectivity index (χ3v) is 1.86. The molecule has 0 atom stereocenters. The fraction of sp³-hybridized carbons (Fsp3) is 1.00. The van der Waals surface area contributed by atoms with Gasteiger partial charge in [0.2, 0.25) is 0 Å². The minimum atomic E-state index is 0.198. The second kappa shape index (κ2) is 5.24. The number of hydrogen-bond acceptors (Lipinski definition) is 3. The van der Waals surface area contributed by atoms with Crippen LogP contribution in [0.3, 0.4) is 0 Å². The topological polar surface area (TPSA) is 43.7 Å². The first-order valence-corrected chi connectivity index (χ1v) is 3.61. The van der Waals surface area contributed by atoms with Gasteiger partial charge in [0.15, 0.2) is 0 Å². The largest absolute Gasteiger partial charge is 0.395 e. The Morgan fingerprint density at radius 1 is 1.12 bits per heavy atom. The van der Waals surface area contributed by atoms with Crippen LogP contribution in [0.5, 0.6) is 0 Å². The molecule has 0 amide bonds. The molecule has 0 fully saturated rings. The summed E-state index contributed by atoms with van der Waals surface area (Å²) >= 11 is 0. The van der Waals surface area contributed by atoms with Gasteiger partial charge in [0.1, 0.15) is 0 Å². The Kier molecular flexibility index (Phi) is 5.30. The molecule has 0 aromatic carbocycles. The zero-order valence-electron chi connectivity index (χ0n) is 5.17. The van der Waals surface area contributed by atoms with Crippen LogP contribution in [0, 0.1) is 0 Å². The molecule has 0 saturated heterocycles. The molecule has 4 heteroatoms. The van der Waals surface area contributed by atoms with Gasteiger partial charge in [-0.1, -0.05) is 0 Å². The van der Waals surface area contributed by atoms with E-state index in [0.717, 1.165) is 10.4 Å². The van der Waals surface area contributed by atoms with Crippen molar-refractivity contribution in [2.24, 2.45) is 0 Å². The van der Waals surface area contributed by atoms with E-state index in [1.165, 1.54) is 0 Å². The highest BCUT2D eigenvalue weighted by Crippen LogP contribution is 1.75. The quantitative estimate of drug-likeness (QED) is 0.421. The third-order valence-electron chi connectivity index (χ3n) is 0.963. The average molecular weight is 135 g/mol. The molecular weight excluding hydrogens is 122 g/mol. The van der Waals surface area contributed by atoms with Crippen molar-refractivity contribution in [3.05, 3.63) is 0 Å². The lowest BCUT2D eigenvalue weighted by molar-refractivity contribution is 0.221. The maximum atomic E-state index is 8.36. The fourth-order valence-corrected chi connectivity index (χ4v) is 0.853. The maximum Gasteiger partial charge on any atom is 0.0786 e. The van der Waals surface area contributed by atoms with Crippen LogP contribution in [0.15, 0.2) is 0 Å². The molecule has 3 nitrogen and oxygen atoms in total. The van der Waals surface area contributed by atoms with E-state index in [1.54, 1.807) is 0 Å². The maximum absolute atomic E-state index is 8.36. The van der Waals surface area contributed by atoms with E-state index < -0.39 is 0 Å². The number of aliphatic hydroxyl groups is 2. The van der Waals surface area contributed by atoms with Gasteiger partial charge < -0.3 is 14.8 Å². The van der Waals surface area contributed by atoms with Gasteiger partial charge in [0.25, 0.3) is 0 Å². The summed E-state index contributed by atoms with van der Waals surface area (Å²) in [6.45, 7) is 1.80. The Hall–Kier alpha value is 0.0969. The van der Waals surface area contributed by atoms with Crippen LogP contribution in [0.1, 0.15) is 0 Å². The molecule has 0 aliphatic carbocycles. The molecule has 0 aliphatic heterocycles. The molecule has 0 saturated carbocycles. The monoisotopic (exact) mass is 135 g/mol. The number of aliphatic hydroxyl groups excluding tert-OH is 2. The highest BCUT2D eigenvalue weighted by Gasteiger charge is 1.91. The molecule has 0 bridgehead atoms. The summed E-state index contributed by atoms with van der Waals surface area (Å²) < 4.78 is 2.00. The summed E-state index contributed by atoms with van der Waals surface area (Å²) in [5.41, 5.74) is 0. The molecule has 0 aromatic heterocycles. The number of nitrogens with zero attached hydrogens (tertiary/aromatic N) is 1. The van der Waals surface area contributed by atoms with Gasteiger partial charge in [-0.15, -0.1) is 0 Å². The van der Waals surface area contributed by atoms with Crippen LogP contribution in [-0.4, -0.2) is 51.5 Å². The first kappa shape index (κ1) is 8.10. The standard InChI is InChI=1S/C4H13NO2Si/c6-3-1-5(8)2-4-7/h6-7H,1-4H2,8H3. The summed E-state index contributed by atoms with van der Waals surface area (Å²) in [5, 5.41) is 16.7. The Morgan fingerprint density at radius 3 is 1.75 bits per heavy atom. The van der Waals surface area contributed by atoms with Gasteiger partial charge in [0, 0.05) is 13.1 Å². The van der Waals surface area contributed by atoms with Crippen molar-refractivity contribution >= 4 is 10.4 Å². The van der Waals surface area contributed by atoms with Crippen molar-refractivity contribution in [1.29, 1.82) is 0 Å². The van der Waals surface area contributed by atoms with Crippen molar-refractivity contribution < 1.29 is 10.2 Å². The van der Waals surface area contributed by atoms with E-state index in [4.69, 9.17) is 10.2 Å². The van der Waals surface area contributed by atoms with Gasteiger partial charge in [-0.05, 0) is 0 Å². The number of rotatable bonds is 4. The van der Waals surface area contributed by atoms with Gasteiger partial charge >= 0.3 is 0 Å². The summed E-state index contributed by atoms with van der Waals surface area (Å²) in [4.78, 5) is 0. The highest BCUT2D eigenvalue weighted by atomic mass is 28.2. The summed E-state index contributed by atoms with van der Waals surface area (Å²) in [7, 11) is 0.922.